The molecule has 0 spiro atoms. The van der Waals surface area contributed by atoms with Crippen molar-refractivity contribution in [3.05, 3.63) is 53.5 Å². The smallest absolute Gasteiger partial charge is 0.0721 e. The molecular weight excluding hydrogens is 240 g/mol. The van der Waals surface area contributed by atoms with Crippen LogP contribution in [-0.4, -0.2) is 13.2 Å². The second-order valence-electron chi connectivity index (χ2n) is 2.91. The van der Waals surface area contributed by atoms with Crippen LogP contribution in [0.5, 0.6) is 0 Å². The molecule has 0 unspecified atom stereocenters. The summed E-state index contributed by atoms with van der Waals surface area (Å²) in [6, 6.07) is 8.02. The molecule has 14 heavy (non-hydrogen) atoms. The third-order valence-corrected chi connectivity index (χ3v) is 2.29. The molecule has 1 aromatic carbocycles. The van der Waals surface area contributed by atoms with Crippen LogP contribution in [-0.2, 0) is 4.74 Å². The number of halogens is 1. The third kappa shape index (κ3) is 3.48. The molecule has 1 rings (SSSR count). The molecule has 0 aliphatic rings. The van der Waals surface area contributed by atoms with Gasteiger partial charge >= 0.3 is 0 Å². The van der Waals surface area contributed by atoms with Crippen molar-refractivity contribution in [2.24, 2.45) is 0 Å². The molecule has 0 amide bonds. The quantitative estimate of drug-likeness (QED) is 0.574. The Morgan fingerprint density at radius 3 is 2.57 bits per heavy atom. The summed E-state index contributed by atoms with van der Waals surface area (Å²) < 4.78 is 6.37. The first-order chi connectivity index (χ1) is 6.74. The van der Waals surface area contributed by atoms with Gasteiger partial charge in [-0.2, -0.15) is 0 Å². The van der Waals surface area contributed by atoms with Crippen LogP contribution in [0.3, 0.4) is 0 Å². The fourth-order valence-electron chi connectivity index (χ4n) is 1.03. The summed E-state index contributed by atoms with van der Waals surface area (Å²) in [6.07, 6.45) is 1.73. The SMILES string of the molecule is C=CCOCC(=C)c1ccc(Br)cc1. The molecule has 0 heterocycles. The Bertz CT molecular complexity index is 314. The lowest BCUT2D eigenvalue weighted by Crippen LogP contribution is -1.96. The molecule has 0 fully saturated rings. The van der Waals surface area contributed by atoms with Gasteiger partial charge in [-0.3, -0.25) is 0 Å². The van der Waals surface area contributed by atoms with E-state index >= 15 is 0 Å². The van der Waals surface area contributed by atoms with E-state index < -0.39 is 0 Å². The Morgan fingerprint density at radius 1 is 1.36 bits per heavy atom. The first kappa shape index (κ1) is 11.2. The van der Waals surface area contributed by atoms with Crippen molar-refractivity contribution in [3.8, 4) is 0 Å². The molecule has 1 aromatic rings. The average molecular weight is 253 g/mol. The maximum Gasteiger partial charge on any atom is 0.0721 e. The fourth-order valence-corrected chi connectivity index (χ4v) is 1.30. The molecule has 0 saturated heterocycles. The number of hydrogen-bond acceptors (Lipinski definition) is 1. The molecule has 0 aromatic heterocycles. The molecule has 2 heteroatoms. The standard InChI is InChI=1S/C12H13BrO/c1-3-8-14-9-10(2)11-4-6-12(13)7-5-11/h3-7H,1-2,8-9H2. The van der Waals surface area contributed by atoms with Crippen LogP contribution in [0.15, 0.2) is 48.0 Å². The van der Waals surface area contributed by atoms with Gasteiger partial charge in [0.25, 0.3) is 0 Å². The van der Waals surface area contributed by atoms with Crippen molar-refractivity contribution >= 4 is 21.5 Å². The normalized spacial score (nSPS) is 9.79. The highest BCUT2D eigenvalue weighted by molar-refractivity contribution is 9.10. The van der Waals surface area contributed by atoms with Gasteiger partial charge in [0.2, 0.25) is 0 Å². The van der Waals surface area contributed by atoms with Gasteiger partial charge in [0.15, 0.2) is 0 Å². The van der Waals surface area contributed by atoms with Crippen molar-refractivity contribution in [2.75, 3.05) is 13.2 Å². The van der Waals surface area contributed by atoms with Gasteiger partial charge < -0.3 is 4.74 Å². The van der Waals surface area contributed by atoms with Gasteiger partial charge in [0.1, 0.15) is 0 Å². The first-order valence-corrected chi connectivity index (χ1v) is 5.15. The summed E-state index contributed by atoms with van der Waals surface area (Å²) >= 11 is 3.38. The van der Waals surface area contributed by atoms with E-state index in [0.29, 0.717) is 13.2 Å². The van der Waals surface area contributed by atoms with Crippen LogP contribution in [0.1, 0.15) is 5.56 Å². The van der Waals surface area contributed by atoms with E-state index in [1.165, 1.54) is 0 Å². The van der Waals surface area contributed by atoms with Crippen LogP contribution in [0.25, 0.3) is 5.57 Å². The predicted octanol–water partition coefficient (Wildman–Crippen LogP) is 3.66. The Labute approximate surface area is 93.2 Å². The topological polar surface area (TPSA) is 9.23 Å². The molecule has 74 valence electrons. The molecular formula is C12H13BrO. The highest BCUT2D eigenvalue weighted by atomic mass is 79.9. The summed E-state index contributed by atoms with van der Waals surface area (Å²) in [4.78, 5) is 0. The van der Waals surface area contributed by atoms with E-state index in [1.807, 2.05) is 24.3 Å². The van der Waals surface area contributed by atoms with Crippen molar-refractivity contribution in [2.45, 2.75) is 0 Å². The summed E-state index contributed by atoms with van der Waals surface area (Å²) in [6.45, 7) is 8.65. The van der Waals surface area contributed by atoms with Crippen LogP contribution < -0.4 is 0 Å². The Balaban J connectivity index is 2.52. The van der Waals surface area contributed by atoms with Gasteiger partial charge in [0, 0.05) is 4.47 Å². The average Bonchev–Trinajstić information content (AvgIpc) is 2.19. The van der Waals surface area contributed by atoms with E-state index in [1.54, 1.807) is 6.08 Å². The monoisotopic (exact) mass is 252 g/mol. The summed E-state index contributed by atoms with van der Waals surface area (Å²) in [5.74, 6) is 0. The number of benzene rings is 1. The van der Waals surface area contributed by atoms with Crippen molar-refractivity contribution in [1.82, 2.24) is 0 Å². The van der Waals surface area contributed by atoms with Crippen LogP contribution >= 0.6 is 15.9 Å². The number of hydrogen-bond donors (Lipinski definition) is 0. The second-order valence-corrected chi connectivity index (χ2v) is 3.83. The summed E-state index contributed by atoms with van der Waals surface area (Å²) in [5.41, 5.74) is 2.09. The van der Waals surface area contributed by atoms with E-state index in [-0.39, 0.29) is 0 Å². The lowest BCUT2D eigenvalue weighted by molar-refractivity contribution is 0.199. The molecule has 0 aliphatic carbocycles. The maximum atomic E-state index is 5.30. The van der Waals surface area contributed by atoms with Crippen molar-refractivity contribution in [1.29, 1.82) is 0 Å². The molecule has 0 N–H and O–H groups in total. The highest BCUT2D eigenvalue weighted by Crippen LogP contribution is 2.16. The number of ether oxygens (including phenoxy) is 1. The van der Waals surface area contributed by atoms with Crippen LogP contribution in [0, 0.1) is 0 Å². The van der Waals surface area contributed by atoms with E-state index in [0.717, 1.165) is 15.6 Å². The first-order valence-electron chi connectivity index (χ1n) is 4.36. The minimum atomic E-state index is 0.549. The molecule has 0 saturated carbocycles. The van der Waals surface area contributed by atoms with Gasteiger partial charge in [-0.1, -0.05) is 40.7 Å². The Morgan fingerprint density at radius 2 is 2.00 bits per heavy atom. The summed E-state index contributed by atoms with van der Waals surface area (Å²) in [5, 5.41) is 0. The molecule has 1 nitrogen and oxygen atoms in total. The zero-order chi connectivity index (χ0) is 10.4. The van der Waals surface area contributed by atoms with Gasteiger partial charge in [-0.15, -0.1) is 6.58 Å². The maximum absolute atomic E-state index is 5.30. The van der Waals surface area contributed by atoms with E-state index in [4.69, 9.17) is 4.74 Å². The lowest BCUT2D eigenvalue weighted by Gasteiger charge is -2.05. The molecule has 0 radical (unpaired) electrons. The zero-order valence-electron chi connectivity index (χ0n) is 8.00. The second kappa shape index (κ2) is 5.78. The van der Waals surface area contributed by atoms with Gasteiger partial charge in [-0.25, -0.2) is 0 Å². The summed E-state index contributed by atoms with van der Waals surface area (Å²) in [7, 11) is 0. The molecule has 0 aliphatic heterocycles. The molecule has 0 bridgehead atoms. The Hall–Kier alpha value is -0.860. The largest absolute Gasteiger partial charge is 0.373 e. The third-order valence-electron chi connectivity index (χ3n) is 1.76. The van der Waals surface area contributed by atoms with Crippen molar-refractivity contribution in [3.63, 3.8) is 0 Å². The van der Waals surface area contributed by atoms with E-state index in [2.05, 4.69) is 29.1 Å². The van der Waals surface area contributed by atoms with Crippen LogP contribution in [0.4, 0.5) is 0 Å². The lowest BCUT2D eigenvalue weighted by atomic mass is 10.1. The fraction of sp³-hybridized carbons (Fsp3) is 0.167. The van der Waals surface area contributed by atoms with Gasteiger partial charge in [0.05, 0.1) is 13.2 Å². The van der Waals surface area contributed by atoms with Gasteiger partial charge in [-0.05, 0) is 23.3 Å². The predicted molar refractivity (Wildman–Crippen MR) is 64.2 cm³/mol. The Kier molecular flexibility index (Phi) is 4.63. The van der Waals surface area contributed by atoms with E-state index in [9.17, 15) is 0 Å². The highest BCUT2D eigenvalue weighted by Gasteiger charge is 1.97. The van der Waals surface area contributed by atoms with Crippen LogP contribution in [0.2, 0.25) is 0 Å². The zero-order valence-corrected chi connectivity index (χ0v) is 9.59. The molecule has 0 atom stereocenters. The minimum absolute atomic E-state index is 0.549. The van der Waals surface area contributed by atoms with Crippen molar-refractivity contribution < 1.29 is 4.74 Å². The minimum Gasteiger partial charge on any atom is -0.373 e. The number of rotatable bonds is 5.